The zero-order valence-corrected chi connectivity index (χ0v) is 19.6. The maximum absolute atomic E-state index is 2.71. The maximum Gasteiger partial charge on any atom is 0.0402 e. The van der Waals surface area contributed by atoms with Crippen LogP contribution in [0.15, 0.2) is 24.3 Å². The molecular formula is C25H41ClN2. The molecule has 3 aliphatic rings. The summed E-state index contributed by atoms with van der Waals surface area (Å²) in [4.78, 5) is 5.38. The highest BCUT2D eigenvalue weighted by molar-refractivity contribution is 5.85. The van der Waals surface area contributed by atoms with Gasteiger partial charge >= 0.3 is 0 Å². The monoisotopic (exact) mass is 404 g/mol. The molecule has 158 valence electrons. The van der Waals surface area contributed by atoms with Crippen molar-refractivity contribution in [1.82, 2.24) is 4.90 Å². The van der Waals surface area contributed by atoms with Crippen LogP contribution in [-0.4, -0.2) is 37.6 Å². The lowest BCUT2D eigenvalue weighted by molar-refractivity contribution is 0.0969. The maximum atomic E-state index is 2.71. The summed E-state index contributed by atoms with van der Waals surface area (Å²) in [5, 5.41) is 0. The third-order valence-electron chi connectivity index (χ3n) is 7.35. The summed E-state index contributed by atoms with van der Waals surface area (Å²) in [5.41, 5.74) is 4.66. The topological polar surface area (TPSA) is 6.48 Å². The van der Waals surface area contributed by atoms with Gasteiger partial charge in [0.05, 0.1) is 0 Å². The number of hydrogen-bond acceptors (Lipinski definition) is 2. The van der Waals surface area contributed by atoms with E-state index in [1.165, 1.54) is 70.5 Å². The molecule has 3 fully saturated rings. The van der Waals surface area contributed by atoms with Crippen molar-refractivity contribution in [3.05, 3.63) is 29.8 Å². The zero-order valence-electron chi connectivity index (χ0n) is 18.8. The first-order chi connectivity index (χ1) is 12.6. The number of nitrogens with zero attached hydrogens (tertiary/aromatic N) is 2. The van der Waals surface area contributed by atoms with Crippen molar-refractivity contribution in [2.45, 2.75) is 72.6 Å². The van der Waals surface area contributed by atoms with Gasteiger partial charge < -0.3 is 4.90 Å². The lowest BCUT2D eigenvalue weighted by Gasteiger charge is -2.46. The van der Waals surface area contributed by atoms with Gasteiger partial charge in [0.25, 0.3) is 0 Å². The molecular weight excluding hydrogens is 364 g/mol. The van der Waals surface area contributed by atoms with Crippen LogP contribution in [0.25, 0.3) is 0 Å². The highest BCUT2D eigenvalue weighted by Crippen LogP contribution is 2.53. The van der Waals surface area contributed by atoms with Crippen molar-refractivity contribution in [1.29, 1.82) is 0 Å². The van der Waals surface area contributed by atoms with Crippen LogP contribution in [-0.2, 0) is 0 Å². The standard InChI is InChI=1S/C25H40N2.ClH/c1-23(2)16-20(17-24(3,4)18-23)21-8-6-7-9-22(21)27-14-12-26(13-15-27)19-25(5)10-11-25;/h6-9,20H,10-19H2,1-5H3;1H. The minimum atomic E-state index is 0. The molecule has 0 radical (unpaired) electrons. The highest BCUT2D eigenvalue weighted by atomic mass is 35.5. The van der Waals surface area contributed by atoms with Gasteiger partial charge in [-0.2, -0.15) is 0 Å². The molecule has 0 unspecified atom stereocenters. The molecule has 0 amide bonds. The SMILES string of the molecule is CC1(C)CC(c2ccccc2N2CCN(CC3(C)CC3)CC2)CC(C)(C)C1.Cl. The molecule has 0 N–H and O–H groups in total. The Kier molecular flexibility index (Phi) is 6.15. The number of benzene rings is 1. The van der Waals surface area contributed by atoms with Crippen LogP contribution in [0.2, 0.25) is 0 Å². The van der Waals surface area contributed by atoms with Gasteiger partial charge in [-0.05, 0) is 65.9 Å². The fourth-order valence-electron chi connectivity index (χ4n) is 6.24. The summed E-state index contributed by atoms with van der Waals surface area (Å²) in [6.07, 6.45) is 6.86. The Bertz CT molecular complexity index is 653. The average molecular weight is 405 g/mol. The van der Waals surface area contributed by atoms with E-state index in [-0.39, 0.29) is 12.4 Å². The van der Waals surface area contributed by atoms with E-state index in [1.807, 2.05) is 0 Å². The molecule has 0 bridgehead atoms. The minimum Gasteiger partial charge on any atom is -0.369 e. The van der Waals surface area contributed by atoms with E-state index in [9.17, 15) is 0 Å². The Morgan fingerprint density at radius 3 is 2.00 bits per heavy atom. The predicted molar refractivity (Wildman–Crippen MR) is 124 cm³/mol. The highest BCUT2D eigenvalue weighted by Gasteiger charge is 2.41. The van der Waals surface area contributed by atoms with Crippen molar-refractivity contribution >= 4 is 18.1 Å². The first kappa shape index (κ1) is 22.0. The second-order valence-corrected chi connectivity index (χ2v) is 11.7. The van der Waals surface area contributed by atoms with Gasteiger partial charge in [-0.3, -0.25) is 4.90 Å². The van der Waals surface area contributed by atoms with Gasteiger partial charge in [0, 0.05) is 38.4 Å². The number of piperazine rings is 1. The summed E-state index contributed by atoms with van der Waals surface area (Å²) < 4.78 is 0. The molecule has 1 heterocycles. The zero-order chi connectivity index (χ0) is 19.3. The van der Waals surface area contributed by atoms with Gasteiger partial charge in [0.1, 0.15) is 0 Å². The van der Waals surface area contributed by atoms with Crippen molar-refractivity contribution in [2.75, 3.05) is 37.6 Å². The fourth-order valence-corrected chi connectivity index (χ4v) is 6.24. The smallest absolute Gasteiger partial charge is 0.0402 e. The van der Waals surface area contributed by atoms with E-state index in [4.69, 9.17) is 0 Å². The van der Waals surface area contributed by atoms with Gasteiger partial charge in [-0.1, -0.05) is 52.8 Å². The van der Waals surface area contributed by atoms with E-state index < -0.39 is 0 Å². The number of hydrogen-bond donors (Lipinski definition) is 0. The quantitative estimate of drug-likeness (QED) is 0.576. The largest absolute Gasteiger partial charge is 0.369 e. The summed E-state index contributed by atoms with van der Waals surface area (Å²) in [7, 11) is 0. The molecule has 2 saturated carbocycles. The molecule has 2 nitrogen and oxygen atoms in total. The van der Waals surface area contributed by atoms with Gasteiger partial charge in [-0.15, -0.1) is 12.4 Å². The first-order valence-corrected chi connectivity index (χ1v) is 11.2. The first-order valence-electron chi connectivity index (χ1n) is 11.2. The summed E-state index contributed by atoms with van der Waals surface area (Å²) in [6, 6.07) is 9.32. The Morgan fingerprint density at radius 2 is 1.43 bits per heavy atom. The van der Waals surface area contributed by atoms with Crippen molar-refractivity contribution in [2.24, 2.45) is 16.2 Å². The number of halogens is 1. The molecule has 1 aliphatic heterocycles. The normalized spacial score (nSPS) is 26.5. The Labute approximate surface area is 179 Å². The van der Waals surface area contributed by atoms with Crippen LogP contribution in [0.4, 0.5) is 5.69 Å². The molecule has 1 aromatic rings. The van der Waals surface area contributed by atoms with Crippen LogP contribution in [0, 0.1) is 16.2 Å². The predicted octanol–water partition coefficient (Wildman–Crippen LogP) is 6.35. The third-order valence-corrected chi connectivity index (χ3v) is 7.35. The summed E-state index contributed by atoms with van der Waals surface area (Å²) in [5.74, 6) is 0.698. The summed E-state index contributed by atoms with van der Waals surface area (Å²) >= 11 is 0. The van der Waals surface area contributed by atoms with Crippen LogP contribution >= 0.6 is 12.4 Å². The van der Waals surface area contributed by atoms with E-state index in [0.717, 1.165) is 0 Å². The second-order valence-electron chi connectivity index (χ2n) is 11.7. The van der Waals surface area contributed by atoms with Crippen LogP contribution in [0.3, 0.4) is 0 Å². The minimum absolute atomic E-state index is 0. The average Bonchev–Trinajstić information content (AvgIpc) is 3.30. The molecule has 4 rings (SSSR count). The summed E-state index contributed by atoms with van der Waals surface area (Å²) in [6.45, 7) is 18.5. The van der Waals surface area contributed by atoms with Gasteiger partial charge in [0.15, 0.2) is 0 Å². The van der Waals surface area contributed by atoms with E-state index in [2.05, 4.69) is 68.7 Å². The Morgan fingerprint density at radius 1 is 0.857 bits per heavy atom. The second kappa shape index (κ2) is 7.84. The molecule has 1 aromatic carbocycles. The van der Waals surface area contributed by atoms with E-state index >= 15 is 0 Å². The molecule has 0 aromatic heterocycles. The van der Waals surface area contributed by atoms with Gasteiger partial charge in [-0.25, -0.2) is 0 Å². The number of rotatable bonds is 4. The lowest BCUT2D eigenvalue weighted by Crippen LogP contribution is -2.48. The molecule has 0 atom stereocenters. The van der Waals surface area contributed by atoms with Crippen LogP contribution in [0.5, 0.6) is 0 Å². The van der Waals surface area contributed by atoms with Crippen molar-refractivity contribution in [3.63, 3.8) is 0 Å². The van der Waals surface area contributed by atoms with Crippen molar-refractivity contribution in [3.8, 4) is 0 Å². The third kappa shape index (κ3) is 5.05. The lowest BCUT2D eigenvalue weighted by atomic mass is 9.60. The molecule has 0 spiro atoms. The fraction of sp³-hybridized carbons (Fsp3) is 0.760. The Hall–Kier alpha value is -0.730. The van der Waals surface area contributed by atoms with Crippen LogP contribution in [0.1, 0.15) is 78.2 Å². The molecule has 1 saturated heterocycles. The van der Waals surface area contributed by atoms with E-state index in [0.29, 0.717) is 22.2 Å². The van der Waals surface area contributed by atoms with Crippen molar-refractivity contribution < 1.29 is 0 Å². The van der Waals surface area contributed by atoms with E-state index in [1.54, 1.807) is 5.56 Å². The van der Waals surface area contributed by atoms with Crippen LogP contribution < -0.4 is 4.90 Å². The number of para-hydroxylation sites is 1. The molecule has 3 heteroatoms. The number of anilines is 1. The molecule has 28 heavy (non-hydrogen) atoms. The Balaban J connectivity index is 0.00000225. The van der Waals surface area contributed by atoms with Gasteiger partial charge in [0.2, 0.25) is 0 Å². The molecule has 2 aliphatic carbocycles.